The first-order valence-electron chi connectivity index (χ1n) is 7.92. The van der Waals surface area contributed by atoms with Crippen LogP contribution in [0.15, 0.2) is 53.1 Å². The van der Waals surface area contributed by atoms with Crippen LogP contribution in [0.25, 0.3) is 10.9 Å². The van der Waals surface area contributed by atoms with Crippen molar-refractivity contribution >= 4 is 16.8 Å². The molecule has 0 aliphatic carbocycles. The fourth-order valence-electron chi connectivity index (χ4n) is 2.91. The second kappa shape index (κ2) is 6.32. The third-order valence-corrected chi connectivity index (χ3v) is 3.97. The highest BCUT2D eigenvalue weighted by Crippen LogP contribution is 2.21. The molecule has 0 aliphatic rings. The van der Waals surface area contributed by atoms with Gasteiger partial charge in [0.25, 0.3) is 5.91 Å². The van der Waals surface area contributed by atoms with Crippen molar-refractivity contribution < 1.29 is 9.21 Å². The molecular weight excluding hydrogens is 288 g/mol. The molecule has 2 aromatic heterocycles. The second-order valence-electron chi connectivity index (χ2n) is 6.31. The SMILES string of the molecule is CC(C)CN(Cc1ccco1)C(=O)c1cc2ccccc2n1C. The lowest BCUT2D eigenvalue weighted by atomic mass is 10.2. The van der Waals surface area contributed by atoms with Crippen LogP contribution >= 0.6 is 0 Å². The van der Waals surface area contributed by atoms with Gasteiger partial charge in [-0.1, -0.05) is 32.0 Å². The summed E-state index contributed by atoms with van der Waals surface area (Å²) in [5, 5.41) is 1.08. The molecule has 4 nitrogen and oxygen atoms in total. The number of furan rings is 1. The Bertz CT molecular complexity index is 800. The smallest absolute Gasteiger partial charge is 0.270 e. The Morgan fingerprint density at radius 1 is 1.22 bits per heavy atom. The van der Waals surface area contributed by atoms with Crippen LogP contribution < -0.4 is 0 Å². The Labute approximate surface area is 136 Å². The first kappa shape index (κ1) is 15.4. The Morgan fingerprint density at radius 2 is 2.00 bits per heavy atom. The number of nitrogens with zero attached hydrogens (tertiary/aromatic N) is 2. The summed E-state index contributed by atoms with van der Waals surface area (Å²) in [5.41, 5.74) is 1.77. The molecule has 1 aromatic carbocycles. The van der Waals surface area contributed by atoms with Crippen LogP contribution in [0.1, 0.15) is 30.1 Å². The zero-order chi connectivity index (χ0) is 16.4. The molecular formula is C19H22N2O2. The topological polar surface area (TPSA) is 38.4 Å². The van der Waals surface area contributed by atoms with Crippen molar-refractivity contribution in [2.75, 3.05) is 6.54 Å². The number of hydrogen-bond acceptors (Lipinski definition) is 2. The van der Waals surface area contributed by atoms with Gasteiger partial charge in [-0.05, 0) is 30.2 Å². The summed E-state index contributed by atoms with van der Waals surface area (Å²) in [5.74, 6) is 1.23. The van der Waals surface area contributed by atoms with Gasteiger partial charge in [0.15, 0.2) is 0 Å². The minimum absolute atomic E-state index is 0.0359. The lowest BCUT2D eigenvalue weighted by Gasteiger charge is -2.24. The van der Waals surface area contributed by atoms with E-state index in [1.807, 2.05) is 59.0 Å². The maximum atomic E-state index is 13.1. The first-order chi connectivity index (χ1) is 11.1. The summed E-state index contributed by atoms with van der Waals surface area (Å²) >= 11 is 0. The lowest BCUT2D eigenvalue weighted by Crippen LogP contribution is -2.34. The summed E-state index contributed by atoms with van der Waals surface area (Å²) in [7, 11) is 1.94. The molecule has 0 saturated heterocycles. The molecule has 2 heterocycles. The fourth-order valence-corrected chi connectivity index (χ4v) is 2.91. The van der Waals surface area contributed by atoms with E-state index in [1.54, 1.807) is 6.26 Å². The number of carbonyl (C=O) groups is 1. The first-order valence-corrected chi connectivity index (χ1v) is 7.92. The van der Waals surface area contributed by atoms with Gasteiger partial charge in [0.1, 0.15) is 11.5 Å². The van der Waals surface area contributed by atoms with E-state index in [4.69, 9.17) is 4.42 Å². The van der Waals surface area contributed by atoms with Gasteiger partial charge < -0.3 is 13.9 Å². The van der Waals surface area contributed by atoms with Crippen molar-refractivity contribution in [3.8, 4) is 0 Å². The van der Waals surface area contributed by atoms with Crippen molar-refractivity contribution in [3.63, 3.8) is 0 Å². The number of amides is 1. The molecule has 1 amide bonds. The molecule has 0 N–H and O–H groups in total. The minimum Gasteiger partial charge on any atom is -0.467 e. The van der Waals surface area contributed by atoms with Gasteiger partial charge in [0, 0.05) is 24.5 Å². The largest absolute Gasteiger partial charge is 0.467 e. The molecule has 0 bridgehead atoms. The normalized spacial score (nSPS) is 11.3. The number of rotatable bonds is 5. The van der Waals surface area contributed by atoms with E-state index in [1.165, 1.54) is 0 Å². The summed E-state index contributed by atoms with van der Waals surface area (Å²) in [6.45, 7) is 5.42. The molecule has 0 unspecified atom stereocenters. The Hall–Kier alpha value is -2.49. The van der Waals surface area contributed by atoms with Crippen LogP contribution in [0.3, 0.4) is 0 Å². The van der Waals surface area contributed by atoms with Crippen molar-refractivity contribution in [1.29, 1.82) is 0 Å². The van der Waals surface area contributed by atoms with Gasteiger partial charge >= 0.3 is 0 Å². The summed E-state index contributed by atoms with van der Waals surface area (Å²) in [6.07, 6.45) is 1.64. The van der Waals surface area contributed by atoms with E-state index in [0.717, 1.165) is 16.7 Å². The molecule has 4 heteroatoms. The van der Waals surface area contributed by atoms with E-state index in [9.17, 15) is 4.79 Å². The van der Waals surface area contributed by atoms with E-state index >= 15 is 0 Å². The quantitative estimate of drug-likeness (QED) is 0.712. The summed E-state index contributed by atoms with van der Waals surface area (Å²) in [4.78, 5) is 14.9. The summed E-state index contributed by atoms with van der Waals surface area (Å²) in [6, 6.07) is 13.8. The molecule has 0 saturated carbocycles. The maximum Gasteiger partial charge on any atom is 0.270 e. The van der Waals surface area contributed by atoms with Crippen molar-refractivity contribution in [2.24, 2.45) is 13.0 Å². The van der Waals surface area contributed by atoms with Gasteiger partial charge in [-0.2, -0.15) is 0 Å². The van der Waals surface area contributed by atoms with E-state index in [0.29, 0.717) is 24.7 Å². The van der Waals surface area contributed by atoms with E-state index in [2.05, 4.69) is 13.8 Å². The Morgan fingerprint density at radius 3 is 2.65 bits per heavy atom. The van der Waals surface area contributed by atoms with Crippen LogP contribution in [0.2, 0.25) is 0 Å². The number of para-hydroxylation sites is 1. The van der Waals surface area contributed by atoms with Crippen molar-refractivity contribution in [3.05, 3.63) is 60.2 Å². The monoisotopic (exact) mass is 310 g/mol. The minimum atomic E-state index is 0.0359. The molecule has 0 radical (unpaired) electrons. The Kier molecular flexibility index (Phi) is 4.24. The lowest BCUT2D eigenvalue weighted by molar-refractivity contribution is 0.0701. The average Bonchev–Trinajstić information content (AvgIpc) is 3.14. The zero-order valence-corrected chi connectivity index (χ0v) is 13.8. The molecule has 3 rings (SSSR count). The van der Waals surface area contributed by atoms with Crippen LogP contribution in [-0.2, 0) is 13.6 Å². The van der Waals surface area contributed by atoms with Gasteiger partial charge in [0.05, 0.1) is 12.8 Å². The highest BCUT2D eigenvalue weighted by Gasteiger charge is 2.21. The predicted octanol–water partition coefficient (Wildman–Crippen LogP) is 4.07. The number of hydrogen-bond donors (Lipinski definition) is 0. The van der Waals surface area contributed by atoms with Crippen molar-refractivity contribution in [2.45, 2.75) is 20.4 Å². The fraction of sp³-hybridized carbons (Fsp3) is 0.316. The standard InChI is InChI=1S/C19H22N2O2/c1-14(2)12-21(13-16-8-6-10-23-16)19(22)18-11-15-7-4-5-9-17(15)20(18)3/h4-11,14H,12-13H2,1-3H3. The van der Waals surface area contributed by atoms with Gasteiger partial charge in [-0.15, -0.1) is 0 Å². The molecule has 0 spiro atoms. The van der Waals surface area contributed by atoms with Crippen LogP contribution in [0.4, 0.5) is 0 Å². The predicted molar refractivity (Wildman–Crippen MR) is 91.2 cm³/mol. The highest BCUT2D eigenvalue weighted by atomic mass is 16.3. The Balaban J connectivity index is 1.93. The molecule has 120 valence electrons. The highest BCUT2D eigenvalue weighted by molar-refractivity contribution is 5.98. The molecule has 0 fully saturated rings. The molecule has 3 aromatic rings. The van der Waals surface area contributed by atoms with Crippen LogP contribution in [0.5, 0.6) is 0 Å². The van der Waals surface area contributed by atoms with Gasteiger partial charge in [-0.25, -0.2) is 0 Å². The molecule has 0 atom stereocenters. The number of fused-ring (bicyclic) bond motifs is 1. The molecule has 0 aliphatic heterocycles. The van der Waals surface area contributed by atoms with Gasteiger partial charge in [-0.3, -0.25) is 4.79 Å². The van der Waals surface area contributed by atoms with Crippen LogP contribution in [0, 0.1) is 5.92 Å². The molecule has 23 heavy (non-hydrogen) atoms. The van der Waals surface area contributed by atoms with Crippen molar-refractivity contribution in [1.82, 2.24) is 9.47 Å². The summed E-state index contributed by atoms with van der Waals surface area (Å²) < 4.78 is 7.39. The third-order valence-electron chi connectivity index (χ3n) is 3.97. The van der Waals surface area contributed by atoms with E-state index < -0.39 is 0 Å². The van der Waals surface area contributed by atoms with Gasteiger partial charge in [0.2, 0.25) is 0 Å². The number of aryl methyl sites for hydroxylation is 1. The average molecular weight is 310 g/mol. The number of aromatic nitrogens is 1. The van der Waals surface area contributed by atoms with Crippen LogP contribution in [-0.4, -0.2) is 21.9 Å². The third kappa shape index (κ3) is 3.16. The van der Waals surface area contributed by atoms with E-state index in [-0.39, 0.29) is 5.91 Å². The number of benzene rings is 1. The zero-order valence-electron chi connectivity index (χ0n) is 13.8. The maximum absolute atomic E-state index is 13.1. The number of carbonyl (C=O) groups excluding carboxylic acids is 1. The second-order valence-corrected chi connectivity index (χ2v) is 6.31.